The van der Waals surface area contributed by atoms with Crippen LogP contribution in [-0.4, -0.2) is 45.1 Å². The van der Waals surface area contributed by atoms with Crippen LogP contribution in [-0.2, 0) is 14.8 Å². The topological polar surface area (TPSA) is 58.6 Å². The summed E-state index contributed by atoms with van der Waals surface area (Å²) in [5, 5.41) is 3.16. The smallest absolute Gasteiger partial charge is 0.243 e. The van der Waals surface area contributed by atoms with E-state index in [4.69, 9.17) is 4.74 Å². The summed E-state index contributed by atoms with van der Waals surface area (Å²) in [6, 6.07) is 6.92. The Hall–Kier alpha value is -1.11. The van der Waals surface area contributed by atoms with Gasteiger partial charge in [-0.2, -0.15) is 4.31 Å². The number of benzene rings is 1. The van der Waals surface area contributed by atoms with E-state index in [1.165, 1.54) is 4.31 Å². The molecule has 1 heterocycles. The fraction of sp³-hybridized carbons (Fsp3) is 0.600. The highest BCUT2D eigenvalue weighted by Gasteiger charge is 2.36. The third-order valence-electron chi connectivity index (χ3n) is 3.99. The zero-order valence-corrected chi connectivity index (χ0v) is 13.7. The first-order valence-electron chi connectivity index (χ1n) is 7.30. The average Bonchev–Trinajstić information content (AvgIpc) is 2.48. The summed E-state index contributed by atoms with van der Waals surface area (Å²) in [5.41, 5.74) is 0.534. The van der Waals surface area contributed by atoms with Crippen LogP contribution in [0.5, 0.6) is 0 Å². The number of methoxy groups -OCH3 is 1. The molecule has 0 radical (unpaired) electrons. The highest BCUT2D eigenvalue weighted by atomic mass is 32.2. The predicted molar refractivity (Wildman–Crippen MR) is 84.0 cm³/mol. The molecule has 1 aliphatic rings. The first-order valence-corrected chi connectivity index (χ1v) is 8.74. The molecule has 0 amide bonds. The van der Waals surface area contributed by atoms with Crippen molar-refractivity contribution in [2.45, 2.75) is 37.2 Å². The van der Waals surface area contributed by atoms with E-state index in [9.17, 15) is 8.42 Å². The summed E-state index contributed by atoms with van der Waals surface area (Å²) in [4.78, 5) is 0.338. The molecule has 5 nitrogen and oxygen atoms in total. The fourth-order valence-electron chi connectivity index (χ4n) is 2.63. The number of sulfonamides is 1. The van der Waals surface area contributed by atoms with Gasteiger partial charge in [0.15, 0.2) is 0 Å². The summed E-state index contributed by atoms with van der Waals surface area (Å²) >= 11 is 0. The lowest BCUT2D eigenvalue weighted by Crippen LogP contribution is -2.49. The number of ether oxygens (including phenoxy) is 1. The molecule has 1 atom stereocenters. The van der Waals surface area contributed by atoms with Crippen LogP contribution in [0.25, 0.3) is 0 Å². The Labute approximate surface area is 127 Å². The van der Waals surface area contributed by atoms with Crippen molar-refractivity contribution in [3.63, 3.8) is 0 Å². The van der Waals surface area contributed by atoms with Gasteiger partial charge in [0.1, 0.15) is 0 Å². The molecule has 0 bridgehead atoms. The molecule has 0 spiro atoms. The Bertz CT molecular complexity index is 571. The highest BCUT2D eigenvalue weighted by molar-refractivity contribution is 7.89. The average molecular weight is 312 g/mol. The zero-order valence-electron chi connectivity index (χ0n) is 12.9. The second kappa shape index (κ2) is 6.34. The summed E-state index contributed by atoms with van der Waals surface area (Å²) in [5.74, 6) is 0. The van der Waals surface area contributed by atoms with Crippen molar-refractivity contribution >= 4 is 15.7 Å². The zero-order chi connectivity index (χ0) is 15.5. The summed E-state index contributed by atoms with van der Waals surface area (Å²) < 4.78 is 32.4. The van der Waals surface area contributed by atoms with Gasteiger partial charge in [0.25, 0.3) is 0 Å². The molecule has 1 fully saturated rings. The van der Waals surface area contributed by atoms with Crippen LogP contribution in [0.3, 0.4) is 0 Å². The minimum absolute atomic E-state index is 0.338. The molecule has 2 rings (SSSR count). The molecular weight excluding hydrogens is 288 g/mol. The van der Waals surface area contributed by atoms with Gasteiger partial charge in [0.2, 0.25) is 10.0 Å². The Morgan fingerprint density at radius 3 is 2.57 bits per heavy atom. The van der Waals surface area contributed by atoms with Crippen LogP contribution < -0.4 is 5.32 Å². The second-order valence-electron chi connectivity index (χ2n) is 5.65. The van der Waals surface area contributed by atoms with Crippen LogP contribution in [0.15, 0.2) is 29.2 Å². The Kier molecular flexibility index (Phi) is 4.91. The standard InChI is InChI=1S/C15H24N2O3S/c1-4-16-13-6-8-14(9-7-13)21(18,19)17-11-5-10-15(2,12-17)20-3/h6-9,16H,4-5,10-12H2,1-3H3. The van der Waals surface area contributed by atoms with E-state index in [2.05, 4.69) is 5.32 Å². The Morgan fingerprint density at radius 1 is 1.33 bits per heavy atom. The van der Waals surface area contributed by atoms with Crippen molar-refractivity contribution in [1.82, 2.24) is 4.31 Å². The minimum Gasteiger partial charge on any atom is -0.385 e. The van der Waals surface area contributed by atoms with E-state index in [1.54, 1.807) is 31.4 Å². The number of hydrogen-bond donors (Lipinski definition) is 1. The van der Waals surface area contributed by atoms with Gasteiger partial charge in [-0.05, 0) is 51.0 Å². The molecule has 0 aromatic heterocycles. The van der Waals surface area contributed by atoms with Gasteiger partial charge in [-0.25, -0.2) is 8.42 Å². The largest absolute Gasteiger partial charge is 0.385 e. The number of nitrogens with zero attached hydrogens (tertiary/aromatic N) is 1. The lowest BCUT2D eigenvalue weighted by molar-refractivity contribution is -0.0319. The van der Waals surface area contributed by atoms with E-state index < -0.39 is 15.6 Å². The SMILES string of the molecule is CCNc1ccc(S(=O)(=O)N2CCCC(C)(OC)C2)cc1. The van der Waals surface area contributed by atoms with E-state index >= 15 is 0 Å². The predicted octanol–water partition coefficient (Wildman–Crippen LogP) is 2.31. The van der Waals surface area contributed by atoms with Crippen molar-refractivity contribution in [2.75, 3.05) is 32.1 Å². The lowest BCUT2D eigenvalue weighted by Gasteiger charge is -2.38. The van der Waals surface area contributed by atoms with Crippen molar-refractivity contribution < 1.29 is 13.2 Å². The fourth-order valence-corrected chi connectivity index (χ4v) is 4.22. The van der Waals surface area contributed by atoms with Crippen molar-refractivity contribution in [2.24, 2.45) is 0 Å². The van der Waals surface area contributed by atoms with E-state index in [0.29, 0.717) is 18.0 Å². The maximum Gasteiger partial charge on any atom is 0.243 e. The van der Waals surface area contributed by atoms with Gasteiger partial charge in [-0.3, -0.25) is 0 Å². The summed E-state index contributed by atoms with van der Waals surface area (Å²) in [6.07, 6.45) is 1.70. The molecule has 1 N–H and O–H groups in total. The van der Waals surface area contributed by atoms with Crippen molar-refractivity contribution in [3.8, 4) is 0 Å². The molecule has 0 saturated carbocycles. The third kappa shape index (κ3) is 3.56. The van der Waals surface area contributed by atoms with E-state index in [1.807, 2.05) is 13.8 Å². The second-order valence-corrected chi connectivity index (χ2v) is 7.59. The molecule has 21 heavy (non-hydrogen) atoms. The maximum atomic E-state index is 12.7. The summed E-state index contributed by atoms with van der Waals surface area (Å²) in [6.45, 7) is 5.73. The van der Waals surface area contributed by atoms with Crippen LogP contribution in [0.1, 0.15) is 26.7 Å². The molecule has 6 heteroatoms. The molecule has 1 aromatic rings. The molecule has 1 unspecified atom stereocenters. The molecule has 0 aliphatic carbocycles. The number of rotatable bonds is 5. The Morgan fingerprint density at radius 2 is 2.00 bits per heavy atom. The van der Waals surface area contributed by atoms with Gasteiger partial charge in [0.05, 0.1) is 10.5 Å². The summed E-state index contributed by atoms with van der Waals surface area (Å²) in [7, 11) is -1.81. The van der Waals surface area contributed by atoms with E-state index in [0.717, 1.165) is 25.1 Å². The number of hydrogen-bond acceptors (Lipinski definition) is 4. The molecular formula is C15H24N2O3S. The van der Waals surface area contributed by atoms with Gasteiger partial charge >= 0.3 is 0 Å². The number of anilines is 1. The lowest BCUT2D eigenvalue weighted by atomic mass is 9.96. The molecule has 1 aliphatic heterocycles. The Balaban J connectivity index is 2.21. The van der Waals surface area contributed by atoms with Crippen molar-refractivity contribution in [1.29, 1.82) is 0 Å². The van der Waals surface area contributed by atoms with Gasteiger partial charge in [0, 0.05) is 32.4 Å². The normalized spacial score (nSPS) is 24.0. The van der Waals surface area contributed by atoms with Crippen LogP contribution in [0, 0.1) is 0 Å². The molecule has 1 aromatic carbocycles. The minimum atomic E-state index is -3.45. The first kappa shape index (κ1) is 16.3. The number of piperidine rings is 1. The highest BCUT2D eigenvalue weighted by Crippen LogP contribution is 2.28. The maximum absolute atomic E-state index is 12.7. The first-order chi connectivity index (χ1) is 9.91. The molecule has 118 valence electrons. The van der Waals surface area contributed by atoms with Crippen LogP contribution in [0.2, 0.25) is 0 Å². The number of nitrogens with one attached hydrogen (secondary N) is 1. The van der Waals surface area contributed by atoms with Crippen LogP contribution >= 0.6 is 0 Å². The van der Waals surface area contributed by atoms with Gasteiger partial charge in [-0.1, -0.05) is 0 Å². The third-order valence-corrected chi connectivity index (χ3v) is 5.85. The quantitative estimate of drug-likeness (QED) is 0.906. The monoisotopic (exact) mass is 312 g/mol. The molecule has 1 saturated heterocycles. The van der Waals surface area contributed by atoms with E-state index in [-0.39, 0.29) is 0 Å². The van der Waals surface area contributed by atoms with Crippen molar-refractivity contribution in [3.05, 3.63) is 24.3 Å². The van der Waals surface area contributed by atoms with Gasteiger partial charge < -0.3 is 10.1 Å². The van der Waals surface area contributed by atoms with Gasteiger partial charge in [-0.15, -0.1) is 0 Å². The van der Waals surface area contributed by atoms with Crippen LogP contribution in [0.4, 0.5) is 5.69 Å².